The van der Waals surface area contributed by atoms with Crippen molar-refractivity contribution < 1.29 is 9.90 Å². The van der Waals surface area contributed by atoms with Gasteiger partial charge in [-0.2, -0.15) is 0 Å². The van der Waals surface area contributed by atoms with E-state index in [9.17, 15) is 9.90 Å². The van der Waals surface area contributed by atoms with Crippen molar-refractivity contribution in [3.63, 3.8) is 0 Å². The molecule has 2 N–H and O–H groups in total. The van der Waals surface area contributed by atoms with E-state index in [1.54, 1.807) is 0 Å². The fraction of sp³-hybridized carbons (Fsp3) is 0.533. The van der Waals surface area contributed by atoms with Gasteiger partial charge in [0.05, 0.1) is 6.10 Å². The molecule has 1 fully saturated rings. The summed E-state index contributed by atoms with van der Waals surface area (Å²) in [5.74, 6) is 0.327. The van der Waals surface area contributed by atoms with Crippen molar-refractivity contribution >= 4 is 16.9 Å². The van der Waals surface area contributed by atoms with Crippen LogP contribution in [0.1, 0.15) is 29.6 Å². The van der Waals surface area contributed by atoms with Crippen molar-refractivity contribution in [3.8, 4) is 0 Å². The summed E-state index contributed by atoms with van der Waals surface area (Å²) in [6.45, 7) is 0.922. The van der Waals surface area contributed by atoms with Crippen molar-refractivity contribution in [2.24, 2.45) is 5.92 Å². The highest BCUT2D eigenvalue weighted by molar-refractivity contribution is 8.14. The van der Waals surface area contributed by atoms with E-state index in [2.05, 4.69) is 5.32 Å². The Labute approximate surface area is 118 Å². The number of aliphatic hydroxyl groups is 1. The molecule has 0 heterocycles. The minimum absolute atomic E-state index is 0.0505. The first-order valence-corrected chi connectivity index (χ1v) is 7.69. The molecule has 0 bridgehead atoms. The van der Waals surface area contributed by atoms with Crippen molar-refractivity contribution in [2.75, 3.05) is 13.6 Å². The van der Waals surface area contributed by atoms with Gasteiger partial charge in [0.1, 0.15) is 0 Å². The third kappa shape index (κ3) is 3.81. The zero-order chi connectivity index (χ0) is 13.7. The fourth-order valence-electron chi connectivity index (χ4n) is 2.58. The molecule has 1 aliphatic rings. The Balaban J connectivity index is 1.88. The molecule has 1 aromatic rings. The van der Waals surface area contributed by atoms with Crippen molar-refractivity contribution in [1.82, 2.24) is 5.32 Å². The highest BCUT2D eigenvalue weighted by Gasteiger charge is 2.36. The van der Waals surface area contributed by atoms with Gasteiger partial charge in [0.2, 0.25) is 5.12 Å². The van der Waals surface area contributed by atoms with Crippen LogP contribution in [0.15, 0.2) is 30.3 Å². The SMILES string of the molecule is CNCC[C@H]1CC[C@H](SC(=O)c2ccccc2)[C@H]1O. The third-order valence-corrected chi connectivity index (χ3v) is 4.99. The summed E-state index contributed by atoms with van der Waals surface area (Å²) in [4.78, 5) is 12.1. The van der Waals surface area contributed by atoms with Gasteiger partial charge in [-0.3, -0.25) is 4.79 Å². The van der Waals surface area contributed by atoms with Gasteiger partial charge in [0, 0.05) is 10.8 Å². The number of carbonyl (C=O) groups excluding carboxylic acids is 1. The molecule has 0 radical (unpaired) electrons. The molecule has 4 heteroatoms. The lowest BCUT2D eigenvalue weighted by Gasteiger charge is -2.18. The summed E-state index contributed by atoms with van der Waals surface area (Å²) >= 11 is 1.30. The Bertz CT molecular complexity index is 410. The second-order valence-corrected chi connectivity index (χ2v) is 6.24. The molecule has 0 aliphatic heterocycles. The second kappa shape index (κ2) is 7.08. The van der Waals surface area contributed by atoms with Gasteiger partial charge in [-0.05, 0) is 38.8 Å². The van der Waals surface area contributed by atoms with Crippen molar-refractivity contribution in [3.05, 3.63) is 35.9 Å². The van der Waals surface area contributed by atoms with Crippen LogP contribution < -0.4 is 5.32 Å². The van der Waals surface area contributed by atoms with Crippen LogP contribution in [-0.4, -0.2) is 35.2 Å². The first-order valence-electron chi connectivity index (χ1n) is 6.81. The van der Waals surface area contributed by atoms with E-state index >= 15 is 0 Å². The Hall–Kier alpha value is -0.840. The Morgan fingerprint density at radius 2 is 2.11 bits per heavy atom. The first kappa shape index (κ1) is 14.6. The highest BCUT2D eigenvalue weighted by atomic mass is 32.2. The van der Waals surface area contributed by atoms with E-state index in [1.807, 2.05) is 37.4 Å². The lowest BCUT2D eigenvalue weighted by atomic mass is 10.0. The topological polar surface area (TPSA) is 49.3 Å². The van der Waals surface area contributed by atoms with E-state index in [-0.39, 0.29) is 16.5 Å². The highest BCUT2D eigenvalue weighted by Crippen LogP contribution is 2.37. The molecule has 0 aromatic heterocycles. The summed E-state index contributed by atoms with van der Waals surface area (Å²) in [6.07, 6.45) is 2.57. The number of carbonyl (C=O) groups is 1. The van der Waals surface area contributed by atoms with Gasteiger partial charge < -0.3 is 10.4 Å². The van der Waals surface area contributed by atoms with Gasteiger partial charge in [-0.25, -0.2) is 0 Å². The lowest BCUT2D eigenvalue weighted by molar-refractivity contribution is 0.107. The number of benzene rings is 1. The lowest BCUT2D eigenvalue weighted by Crippen LogP contribution is -2.26. The molecule has 3 atom stereocenters. The summed E-state index contributed by atoms with van der Waals surface area (Å²) < 4.78 is 0. The van der Waals surface area contributed by atoms with Crippen LogP contribution in [0, 0.1) is 5.92 Å². The van der Waals surface area contributed by atoms with Crippen LogP contribution in [0.2, 0.25) is 0 Å². The average molecular weight is 279 g/mol. The number of hydrogen-bond acceptors (Lipinski definition) is 4. The molecule has 104 valence electrons. The van der Waals surface area contributed by atoms with E-state index in [0.29, 0.717) is 5.92 Å². The van der Waals surface area contributed by atoms with Gasteiger partial charge >= 0.3 is 0 Å². The van der Waals surface area contributed by atoms with E-state index in [4.69, 9.17) is 0 Å². The molecule has 1 saturated carbocycles. The maximum atomic E-state index is 12.1. The number of aliphatic hydroxyl groups excluding tert-OH is 1. The number of hydrogen-bond donors (Lipinski definition) is 2. The summed E-state index contributed by atoms with van der Waals surface area (Å²) in [7, 11) is 1.92. The van der Waals surface area contributed by atoms with Gasteiger partial charge in [0.15, 0.2) is 0 Å². The monoisotopic (exact) mass is 279 g/mol. The molecule has 0 saturated heterocycles. The van der Waals surface area contributed by atoms with E-state index in [1.165, 1.54) is 11.8 Å². The zero-order valence-electron chi connectivity index (χ0n) is 11.2. The molecule has 0 unspecified atom stereocenters. The Morgan fingerprint density at radius 3 is 2.79 bits per heavy atom. The molecule has 1 aliphatic carbocycles. The number of rotatable bonds is 5. The average Bonchev–Trinajstić information content (AvgIpc) is 2.78. The third-order valence-electron chi connectivity index (χ3n) is 3.72. The maximum Gasteiger partial charge on any atom is 0.219 e. The quantitative estimate of drug-likeness (QED) is 0.868. The van der Waals surface area contributed by atoms with Crippen LogP contribution in [0.3, 0.4) is 0 Å². The molecule has 0 amide bonds. The molecular weight excluding hydrogens is 258 g/mol. The molecule has 19 heavy (non-hydrogen) atoms. The smallest absolute Gasteiger partial charge is 0.219 e. The number of nitrogens with one attached hydrogen (secondary N) is 1. The maximum absolute atomic E-state index is 12.1. The normalized spacial score (nSPS) is 26.5. The van der Waals surface area contributed by atoms with Gasteiger partial charge in [-0.1, -0.05) is 42.1 Å². The summed E-state index contributed by atoms with van der Waals surface area (Å²) in [6, 6.07) is 9.30. The van der Waals surface area contributed by atoms with Gasteiger partial charge in [-0.15, -0.1) is 0 Å². The van der Waals surface area contributed by atoms with Crippen LogP contribution >= 0.6 is 11.8 Å². The standard InChI is InChI=1S/C15H21NO2S/c1-16-10-9-11-7-8-13(14(11)17)19-15(18)12-5-3-2-4-6-12/h2-6,11,13-14,16-17H,7-10H2,1H3/t11-,13+,14+/m1/s1. The molecule has 3 nitrogen and oxygen atoms in total. The van der Waals surface area contributed by atoms with Crippen molar-refractivity contribution in [2.45, 2.75) is 30.6 Å². The van der Waals surface area contributed by atoms with Crippen LogP contribution in [0.5, 0.6) is 0 Å². The first-order chi connectivity index (χ1) is 9.22. The zero-order valence-corrected chi connectivity index (χ0v) is 12.0. The van der Waals surface area contributed by atoms with Crippen LogP contribution in [0.25, 0.3) is 0 Å². The Kier molecular flexibility index (Phi) is 5.43. The predicted octanol–water partition coefficient (Wildman–Crippen LogP) is 2.31. The minimum Gasteiger partial charge on any atom is -0.392 e. The molecular formula is C15H21NO2S. The van der Waals surface area contributed by atoms with Crippen LogP contribution in [0.4, 0.5) is 0 Å². The van der Waals surface area contributed by atoms with Crippen LogP contribution in [-0.2, 0) is 0 Å². The largest absolute Gasteiger partial charge is 0.392 e. The Morgan fingerprint density at radius 1 is 1.37 bits per heavy atom. The van der Waals surface area contributed by atoms with Gasteiger partial charge in [0.25, 0.3) is 0 Å². The second-order valence-electron chi connectivity index (χ2n) is 5.03. The summed E-state index contributed by atoms with van der Waals surface area (Å²) in [5.41, 5.74) is 0.721. The number of thioether (sulfide) groups is 1. The molecule has 2 rings (SSSR count). The molecule has 1 aromatic carbocycles. The molecule has 0 spiro atoms. The fourth-order valence-corrected chi connectivity index (χ4v) is 3.74. The van der Waals surface area contributed by atoms with Crippen molar-refractivity contribution in [1.29, 1.82) is 0 Å². The summed E-state index contributed by atoms with van der Waals surface area (Å²) in [5, 5.41) is 13.5. The van der Waals surface area contributed by atoms with E-state index in [0.717, 1.165) is 31.4 Å². The minimum atomic E-state index is -0.356. The predicted molar refractivity (Wildman–Crippen MR) is 79.4 cm³/mol. The van der Waals surface area contributed by atoms with E-state index < -0.39 is 0 Å².